The zero-order valence-corrected chi connectivity index (χ0v) is 14.5. The third kappa shape index (κ3) is 3.68. The molecular weight excluding hydrogens is 318 g/mol. The van der Waals surface area contributed by atoms with E-state index in [1.54, 1.807) is 13.2 Å². The Kier molecular flexibility index (Phi) is 5.08. The Hall–Kier alpha value is -2.35. The summed E-state index contributed by atoms with van der Waals surface area (Å²) in [6, 6.07) is 7.63. The molecule has 1 aromatic carbocycles. The summed E-state index contributed by atoms with van der Waals surface area (Å²) in [6.45, 7) is 0. The van der Waals surface area contributed by atoms with Gasteiger partial charge in [0, 0.05) is 6.42 Å². The molecule has 2 aliphatic rings. The summed E-state index contributed by atoms with van der Waals surface area (Å²) in [4.78, 5) is 24.0. The molecule has 2 fully saturated rings. The molecule has 25 heavy (non-hydrogen) atoms. The highest BCUT2D eigenvalue weighted by Gasteiger charge is 2.47. The number of hydrogen-bond donors (Lipinski definition) is 0. The highest BCUT2D eigenvalue weighted by atomic mass is 16.6. The van der Waals surface area contributed by atoms with E-state index in [1.807, 2.05) is 12.1 Å². The summed E-state index contributed by atoms with van der Waals surface area (Å²) < 4.78 is 11.0. The first-order chi connectivity index (χ1) is 12.1. The van der Waals surface area contributed by atoms with Crippen LogP contribution in [0.5, 0.6) is 5.75 Å². The van der Waals surface area contributed by atoms with Gasteiger partial charge in [0.25, 0.3) is 0 Å². The summed E-state index contributed by atoms with van der Waals surface area (Å²) in [7, 11) is 1.57. The molecule has 0 spiro atoms. The van der Waals surface area contributed by atoms with Crippen LogP contribution in [-0.2, 0) is 20.7 Å². The van der Waals surface area contributed by atoms with Crippen molar-refractivity contribution in [2.45, 2.75) is 57.0 Å². The number of benzene rings is 1. The number of carbonyl (C=O) groups is 2. The molecule has 1 saturated carbocycles. The van der Waals surface area contributed by atoms with Crippen molar-refractivity contribution in [1.29, 1.82) is 5.26 Å². The normalized spacial score (nSPS) is 24.0. The fourth-order valence-electron chi connectivity index (χ4n) is 4.23. The molecule has 0 aromatic heterocycles. The molecule has 3 rings (SSSR count). The van der Waals surface area contributed by atoms with E-state index in [9.17, 15) is 14.9 Å². The molecule has 1 saturated heterocycles. The van der Waals surface area contributed by atoms with Crippen molar-refractivity contribution in [3.05, 3.63) is 29.3 Å². The second-order valence-electron chi connectivity index (χ2n) is 7.05. The van der Waals surface area contributed by atoms with E-state index in [-0.39, 0.29) is 18.1 Å². The summed E-state index contributed by atoms with van der Waals surface area (Å²) >= 11 is 0. The van der Waals surface area contributed by atoms with Crippen LogP contribution in [0.15, 0.2) is 18.2 Å². The van der Waals surface area contributed by atoms with Gasteiger partial charge in [-0.1, -0.05) is 18.9 Å². The maximum absolute atomic E-state index is 12.1. The van der Waals surface area contributed by atoms with Gasteiger partial charge in [0.15, 0.2) is 0 Å². The number of Topliss-reactive ketones (excluding diaryl/α,β-unsaturated/α-hetero) is 1. The van der Waals surface area contributed by atoms with E-state index in [0.29, 0.717) is 30.6 Å². The van der Waals surface area contributed by atoms with E-state index in [1.165, 1.54) is 0 Å². The van der Waals surface area contributed by atoms with Gasteiger partial charge in [-0.05, 0) is 49.3 Å². The zero-order valence-electron chi connectivity index (χ0n) is 14.5. The van der Waals surface area contributed by atoms with Gasteiger partial charge in [0.05, 0.1) is 18.7 Å². The topological polar surface area (TPSA) is 76.4 Å². The summed E-state index contributed by atoms with van der Waals surface area (Å²) in [6.07, 6.45) is 5.60. The van der Waals surface area contributed by atoms with Crippen molar-refractivity contribution in [3.63, 3.8) is 0 Å². The molecule has 0 radical (unpaired) electrons. The maximum atomic E-state index is 12.1. The third-order valence-electron chi connectivity index (χ3n) is 5.51. The Morgan fingerprint density at radius 1 is 1.32 bits per heavy atom. The minimum Gasteiger partial charge on any atom is -0.497 e. The number of rotatable bonds is 5. The fourth-order valence-corrected chi connectivity index (χ4v) is 4.23. The second kappa shape index (κ2) is 7.26. The number of ketones is 1. The first-order valence-electron chi connectivity index (χ1n) is 8.87. The lowest BCUT2D eigenvalue weighted by molar-refractivity contribution is -0.178. The lowest BCUT2D eigenvalue weighted by Crippen LogP contribution is -2.48. The quantitative estimate of drug-likeness (QED) is 0.606. The van der Waals surface area contributed by atoms with E-state index < -0.39 is 11.6 Å². The average Bonchev–Trinajstić information content (AvgIpc) is 3.14. The number of esters is 1. The smallest absolute Gasteiger partial charge is 0.313 e. The molecule has 0 amide bonds. The molecule has 5 heteroatoms. The Morgan fingerprint density at radius 3 is 2.72 bits per heavy atom. The van der Waals surface area contributed by atoms with Crippen molar-refractivity contribution in [2.24, 2.45) is 5.92 Å². The van der Waals surface area contributed by atoms with E-state index in [4.69, 9.17) is 9.47 Å². The van der Waals surface area contributed by atoms with Crippen LogP contribution in [0.3, 0.4) is 0 Å². The van der Waals surface area contributed by atoms with Crippen LogP contribution in [0.25, 0.3) is 0 Å². The van der Waals surface area contributed by atoms with Gasteiger partial charge in [-0.3, -0.25) is 9.59 Å². The lowest BCUT2D eigenvalue weighted by atomic mass is 9.76. The molecule has 132 valence electrons. The molecule has 1 atom stereocenters. The Bertz CT molecular complexity index is 697. The highest BCUT2D eigenvalue weighted by Crippen LogP contribution is 2.44. The molecule has 1 aliphatic heterocycles. The fraction of sp³-hybridized carbons (Fsp3) is 0.550. The number of nitrogens with zero attached hydrogens (tertiary/aromatic N) is 1. The highest BCUT2D eigenvalue weighted by molar-refractivity contribution is 5.98. The summed E-state index contributed by atoms with van der Waals surface area (Å²) in [5.74, 6) is 0.450. The largest absolute Gasteiger partial charge is 0.497 e. The molecule has 1 aliphatic carbocycles. The summed E-state index contributed by atoms with van der Waals surface area (Å²) in [5, 5.41) is 9.39. The number of aryl methyl sites for hydroxylation is 1. The van der Waals surface area contributed by atoms with Crippen LogP contribution in [-0.4, -0.2) is 24.5 Å². The van der Waals surface area contributed by atoms with Gasteiger partial charge < -0.3 is 9.47 Å². The van der Waals surface area contributed by atoms with Crippen LogP contribution in [0.2, 0.25) is 0 Å². The van der Waals surface area contributed by atoms with E-state index in [2.05, 4.69) is 6.07 Å². The van der Waals surface area contributed by atoms with Gasteiger partial charge in [-0.25, -0.2) is 0 Å². The minimum atomic E-state index is -0.699. The van der Waals surface area contributed by atoms with Crippen LogP contribution >= 0.6 is 0 Å². The Morgan fingerprint density at radius 2 is 2.08 bits per heavy atom. The molecule has 0 N–H and O–H groups in total. The Labute approximate surface area is 147 Å². The first-order valence-corrected chi connectivity index (χ1v) is 8.87. The van der Waals surface area contributed by atoms with E-state index in [0.717, 1.165) is 31.2 Å². The van der Waals surface area contributed by atoms with Crippen molar-refractivity contribution < 1.29 is 19.1 Å². The number of carbonyl (C=O) groups excluding carboxylic acids is 2. The molecular formula is C20H23NO4. The molecule has 5 nitrogen and oxygen atoms in total. The molecule has 1 heterocycles. The third-order valence-corrected chi connectivity index (χ3v) is 5.51. The number of methoxy groups -OCH3 is 1. The van der Waals surface area contributed by atoms with Gasteiger partial charge in [0.1, 0.15) is 23.6 Å². The van der Waals surface area contributed by atoms with Crippen molar-refractivity contribution in [3.8, 4) is 11.8 Å². The first kappa shape index (κ1) is 17.5. The zero-order chi connectivity index (χ0) is 17.9. The Balaban J connectivity index is 1.83. The van der Waals surface area contributed by atoms with Gasteiger partial charge in [0.2, 0.25) is 0 Å². The van der Waals surface area contributed by atoms with E-state index >= 15 is 0 Å². The lowest BCUT2D eigenvalue weighted by Gasteiger charge is -2.41. The maximum Gasteiger partial charge on any atom is 0.313 e. The van der Waals surface area contributed by atoms with Gasteiger partial charge >= 0.3 is 5.97 Å². The molecule has 0 bridgehead atoms. The predicted molar refractivity (Wildman–Crippen MR) is 91.1 cm³/mol. The number of hydrogen-bond acceptors (Lipinski definition) is 5. The van der Waals surface area contributed by atoms with Gasteiger partial charge in [-0.15, -0.1) is 0 Å². The number of ether oxygens (including phenoxy) is 2. The standard InChI is InChI=1S/C20H23NO4/c1-24-18-7-6-14(15(10-18)13-21)8-9-20(16-4-2-3-5-16)12-17(22)11-19(23)25-20/h6-7,10,16H,2-5,8-9,11-12H2,1H3. The van der Waals surface area contributed by atoms with Gasteiger partial charge in [-0.2, -0.15) is 5.26 Å². The average molecular weight is 341 g/mol. The number of nitriles is 1. The van der Waals surface area contributed by atoms with Crippen molar-refractivity contribution >= 4 is 11.8 Å². The predicted octanol–water partition coefficient (Wildman–Crippen LogP) is 3.33. The van der Waals surface area contributed by atoms with Crippen LogP contribution in [0.1, 0.15) is 56.1 Å². The van der Waals surface area contributed by atoms with Crippen molar-refractivity contribution in [2.75, 3.05) is 7.11 Å². The van der Waals surface area contributed by atoms with Crippen LogP contribution in [0, 0.1) is 17.2 Å². The second-order valence-corrected chi connectivity index (χ2v) is 7.05. The van der Waals surface area contributed by atoms with Crippen molar-refractivity contribution in [1.82, 2.24) is 0 Å². The van der Waals surface area contributed by atoms with Crippen LogP contribution < -0.4 is 4.74 Å². The molecule has 1 aromatic rings. The minimum absolute atomic E-state index is 0.0293. The monoisotopic (exact) mass is 341 g/mol. The SMILES string of the molecule is COc1ccc(CCC2(C3CCCC3)CC(=O)CC(=O)O2)c(C#N)c1. The van der Waals surface area contributed by atoms with Crippen LogP contribution in [0.4, 0.5) is 0 Å². The molecule has 1 unspecified atom stereocenters. The number of cyclic esters (lactones) is 1. The summed E-state index contributed by atoms with van der Waals surface area (Å²) in [5.41, 5.74) is 0.763.